The van der Waals surface area contributed by atoms with E-state index in [0.29, 0.717) is 23.7 Å². The molecule has 0 aromatic heterocycles. The molecule has 2 amide bonds. The molecular formula is C23H30N3O5+. The van der Waals surface area contributed by atoms with Crippen LogP contribution in [0.3, 0.4) is 0 Å². The lowest BCUT2D eigenvalue weighted by atomic mass is 10.0. The fourth-order valence-electron chi connectivity index (χ4n) is 4.09. The summed E-state index contributed by atoms with van der Waals surface area (Å²) in [7, 11) is 4.82. The molecule has 1 unspecified atom stereocenters. The van der Waals surface area contributed by atoms with Gasteiger partial charge in [0.2, 0.25) is 5.91 Å². The molecule has 1 aliphatic rings. The van der Waals surface area contributed by atoms with E-state index in [0.717, 1.165) is 36.4 Å². The standard InChI is InChI=1S/C23H29N3O5/c1-15(27)24-16-7-10-21(30-3)19(12-16)25-23(28)14-26-11-5-6-20(26)18-9-8-17(29-2)13-22(18)31-4/h7-10,12-13,20H,5-6,11,14H2,1-4H3,(H,24,27)(H,25,28)/p+1/t20-/m1/s1. The number of amides is 2. The Kier molecular flexibility index (Phi) is 7.36. The van der Waals surface area contributed by atoms with Crippen LogP contribution in [0.1, 0.15) is 31.4 Å². The summed E-state index contributed by atoms with van der Waals surface area (Å²) in [5.74, 6) is 1.75. The summed E-state index contributed by atoms with van der Waals surface area (Å²) in [6.07, 6.45) is 2.01. The smallest absolute Gasteiger partial charge is 0.279 e. The molecule has 2 aromatic rings. The molecule has 166 valence electrons. The van der Waals surface area contributed by atoms with Gasteiger partial charge < -0.3 is 29.7 Å². The summed E-state index contributed by atoms with van der Waals surface area (Å²) < 4.78 is 16.2. The Hall–Kier alpha value is -3.26. The van der Waals surface area contributed by atoms with Gasteiger partial charge in [-0.25, -0.2) is 0 Å². The molecule has 0 radical (unpaired) electrons. The number of hydrogen-bond acceptors (Lipinski definition) is 5. The fourth-order valence-corrected chi connectivity index (χ4v) is 4.09. The highest BCUT2D eigenvalue weighted by atomic mass is 16.5. The van der Waals surface area contributed by atoms with Crippen LogP contribution < -0.4 is 29.7 Å². The second-order valence-electron chi connectivity index (χ2n) is 7.53. The molecule has 8 heteroatoms. The van der Waals surface area contributed by atoms with E-state index in [1.807, 2.05) is 18.2 Å². The Morgan fingerprint density at radius 1 is 1.00 bits per heavy atom. The average Bonchev–Trinajstić information content (AvgIpc) is 3.20. The third-order valence-electron chi connectivity index (χ3n) is 5.48. The summed E-state index contributed by atoms with van der Waals surface area (Å²) in [5, 5.41) is 5.65. The highest BCUT2D eigenvalue weighted by Crippen LogP contribution is 2.32. The Bertz CT molecular complexity index is 947. The summed E-state index contributed by atoms with van der Waals surface area (Å²) in [6.45, 7) is 2.65. The molecule has 1 fully saturated rings. The van der Waals surface area contributed by atoms with Crippen LogP contribution >= 0.6 is 0 Å². The van der Waals surface area contributed by atoms with Crippen molar-refractivity contribution in [3.05, 3.63) is 42.0 Å². The van der Waals surface area contributed by atoms with Gasteiger partial charge >= 0.3 is 0 Å². The van der Waals surface area contributed by atoms with Crippen LogP contribution in [0.15, 0.2) is 36.4 Å². The maximum absolute atomic E-state index is 12.9. The minimum Gasteiger partial charge on any atom is -0.497 e. The molecule has 0 saturated carbocycles. The van der Waals surface area contributed by atoms with E-state index in [1.165, 1.54) is 11.8 Å². The Morgan fingerprint density at radius 3 is 2.45 bits per heavy atom. The number of nitrogens with one attached hydrogen (secondary N) is 3. The SMILES string of the molecule is COc1ccc([C@H]2CCC[NH+]2CC(=O)Nc2cc(NC(C)=O)ccc2OC)c(OC)c1. The molecule has 3 rings (SSSR count). The lowest BCUT2D eigenvalue weighted by Crippen LogP contribution is -3.11. The van der Waals surface area contributed by atoms with Crippen LogP contribution in [0.5, 0.6) is 17.2 Å². The molecule has 0 bridgehead atoms. The van der Waals surface area contributed by atoms with Crippen molar-refractivity contribution >= 4 is 23.2 Å². The quantitative estimate of drug-likeness (QED) is 0.599. The minimum atomic E-state index is -0.180. The normalized spacial score (nSPS) is 17.7. The van der Waals surface area contributed by atoms with Gasteiger partial charge in [-0.05, 0) is 30.3 Å². The van der Waals surface area contributed by atoms with Gasteiger partial charge in [-0.2, -0.15) is 0 Å². The van der Waals surface area contributed by atoms with Crippen molar-refractivity contribution in [3.8, 4) is 17.2 Å². The molecule has 8 nitrogen and oxygen atoms in total. The highest BCUT2D eigenvalue weighted by molar-refractivity contribution is 5.95. The predicted molar refractivity (Wildman–Crippen MR) is 118 cm³/mol. The van der Waals surface area contributed by atoms with Crippen LogP contribution in [-0.4, -0.2) is 46.2 Å². The van der Waals surface area contributed by atoms with Crippen molar-refractivity contribution in [3.63, 3.8) is 0 Å². The Balaban J connectivity index is 1.74. The number of methoxy groups -OCH3 is 3. The number of likely N-dealkylation sites (tertiary alicyclic amines) is 1. The number of benzene rings is 2. The van der Waals surface area contributed by atoms with Crippen LogP contribution in [0, 0.1) is 0 Å². The van der Waals surface area contributed by atoms with Crippen LogP contribution in [-0.2, 0) is 9.59 Å². The lowest BCUT2D eigenvalue weighted by Gasteiger charge is -2.23. The van der Waals surface area contributed by atoms with Crippen molar-refractivity contribution in [2.75, 3.05) is 45.1 Å². The molecule has 1 heterocycles. The number of ether oxygens (including phenoxy) is 3. The monoisotopic (exact) mass is 428 g/mol. The predicted octanol–water partition coefficient (Wildman–Crippen LogP) is 2.03. The first-order chi connectivity index (χ1) is 14.9. The van der Waals surface area contributed by atoms with Crippen LogP contribution in [0.2, 0.25) is 0 Å². The van der Waals surface area contributed by atoms with Gasteiger partial charge in [0.25, 0.3) is 5.91 Å². The number of carbonyl (C=O) groups is 2. The second kappa shape index (κ2) is 10.2. The van der Waals surface area contributed by atoms with E-state index in [9.17, 15) is 9.59 Å². The average molecular weight is 429 g/mol. The van der Waals surface area contributed by atoms with E-state index in [-0.39, 0.29) is 17.9 Å². The van der Waals surface area contributed by atoms with Crippen molar-refractivity contribution in [1.29, 1.82) is 0 Å². The summed E-state index contributed by atoms with van der Waals surface area (Å²) in [6, 6.07) is 11.1. The molecule has 1 saturated heterocycles. The second-order valence-corrected chi connectivity index (χ2v) is 7.53. The van der Waals surface area contributed by atoms with E-state index >= 15 is 0 Å². The molecule has 31 heavy (non-hydrogen) atoms. The third kappa shape index (κ3) is 5.46. The number of anilines is 2. The van der Waals surface area contributed by atoms with Crippen molar-refractivity contribution in [2.24, 2.45) is 0 Å². The summed E-state index contributed by atoms with van der Waals surface area (Å²) in [4.78, 5) is 25.4. The minimum absolute atomic E-state index is 0.118. The molecule has 3 N–H and O–H groups in total. The van der Waals surface area contributed by atoms with E-state index in [4.69, 9.17) is 14.2 Å². The van der Waals surface area contributed by atoms with Gasteiger partial charge in [-0.3, -0.25) is 9.59 Å². The number of quaternary nitrogens is 1. The summed E-state index contributed by atoms with van der Waals surface area (Å²) >= 11 is 0. The topological polar surface area (TPSA) is 90.3 Å². The Morgan fingerprint density at radius 2 is 1.77 bits per heavy atom. The van der Waals surface area contributed by atoms with Gasteiger partial charge in [0.1, 0.15) is 23.3 Å². The van der Waals surface area contributed by atoms with Gasteiger partial charge in [0.15, 0.2) is 6.54 Å². The van der Waals surface area contributed by atoms with Crippen molar-refractivity contribution in [2.45, 2.75) is 25.8 Å². The zero-order chi connectivity index (χ0) is 22.4. The number of hydrogen-bond donors (Lipinski definition) is 3. The lowest BCUT2D eigenvalue weighted by molar-refractivity contribution is -0.910. The van der Waals surface area contributed by atoms with Crippen molar-refractivity contribution in [1.82, 2.24) is 0 Å². The highest BCUT2D eigenvalue weighted by Gasteiger charge is 2.34. The largest absolute Gasteiger partial charge is 0.497 e. The van der Waals surface area contributed by atoms with Crippen LogP contribution in [0.25, 0.3) is 0 Å². The van der Waals surface area contributed by atoms with Gasteiger partial charge in [-0.15, -0.1) is 0 Å². The first-order valence-electron chi connectivity index (χ1n) is 10.3. The van der Waals surface area contributed by atoms with Crippen molar-refractivity contribution < 1.29 is 28.7 Å². The zero-order valence-corrected chi connectivity index (χ0v) is 18.4. The summed E-state index contributed by atoms with van der Waals surface area (Å²) in [5.41, 5.74) is 2.20. The third-order valence-corrected chi connectivity index (χ3v) is 5.48. The number of carbonyl (C=O) groups excluding carboxylic acids is 2. The molecule has 2 atom stereocenters. The van der Waals surface area contributed by atoms with Crippen LogP contribution in [0.4, 0.5) is 11.4 Å². The maximum Gasteiger partial charge on any atom is 0.279 e. The van der Waals surface area contributed by atoms with Gasteiger partial charge in [-0.1, -0.05) is 0 Å². The van der Waals surface area contributed by atoms with E-state index in [1.54, 1.807) is 39.5 Å². The maximum atomic E-state index is 12.9. The first kappa shape index (κ1) is 22.4. The molecule has 0 aliphatic carbocycles. The first-order valence-corrected chi connectivity index (χ1v) is 10.3. The zero-order valence-electron chi connectivity index (χ0n) is 18.4. The molecule has 0 spiro atoms. The fraction of sp³-hybridized carbons (Fsp3) is 0.391. The number of rotatable bonds is 8. The van der Waals surface area contributed by atoms with Gasteiger partial charge in [0.05, 0.1) is 39.1 Å². The van der Waals surface area contributed by atoms with E-state index < -0.39 is 0 Å². The van der Waals surface area contributed by atoms with Gasteiger partial charge in [0, 0.05) is 31.5 Å². The molecular weight excluding hydrogens is 398 g/mol. The molecule has 2 aromatic carbocycles. The Labute approximate surface area is 182 Å². The molecule has 1 aliphatic heterocycles. The van der Waals surface area contributed by atoms with E-state index in [2.05, 4.69) is 10.6 Å².